The third-order valence-corrected chi connectivity index (χ3v) is 4.08. The predicted octanol–water partition coefficient (Wildman–Crippen LogP) is 3.72. The first-order chi connectivity index (χ1) is 11.3. The minimum absolute atomic E-state index is 0.0972. The average molecular weight is 328 g/mol. The normalized spacial score (nSPS) is 13.3. The van der Waals surface area contributed by atoms with Gasteiger partial charge in [0.05, 0.1) is 12.3 Å². The van der Waals surface area contributed by atoms with Gasteiger partial charge in [0.1, 0.15) is 5.75 Å². The predicted molar refractivity (Wildman–Crippen MR) is 95.2 cm³/mol. The second-order valence-corrected chi connectivity index (χ2v) is 6.02. The summed E-state index contributed by atoms with van der Waals surface area (Å²) in [5.41, 5.74) is 4.57. The van der Waals surface area contributed by atoms with E-state index in [4.69, 9.17) is 4.74 Å². The molecule has 1 aromatic carbocycles. The Morgan fingerprint density at radius 2 is 2.09 bits per heavy atom. The van der Waals surface area contributed by atoms with Gasteiger partial charge in [-0.3, -0.25) is 9.78 Å². The van der Waals surface area contributed by atoms with Crippen LogP contribution in [0.1, 0.15) is 24.8 Å². The number of fused-ring (bicyclic) bond motifs is 2. The van der Waals surface area contributed by atoms with Gasteiger partial charge in [0.2, 0.25) is 5.91 Å². The van der Waals surface area contributed by atoms with Crippen LogP contribution in [0.4, 0.5) is 5.69 Å². The van der Waals surface area contributed by atoms with Crippen molar-refractivity contribution in [2.75, 3.05) is 17.7 Å². The molecule has 1 aliphatic carbocycles. The van der Waals surface area contributed by atoms with E-state index in [2.05, 4.69) is 29.0 Å². The number of thiol groups is 1. The number of carbonyl (C=O) groups is 1. The molecule has 1 amide bonds. The molecule has 0 saturated heterocycles. The van der Waals surface area contributed by atoms with Crippen molar-refractivity contribution in [3.05, 3.63) is 42.1 Å². The maximum Gasteiger partial charge on any atom is 0.224 e. The molecule has 0 atom stereocenters. The first kappa shape index (κ1) is 15.9. The Bertz CT molecular complexity index is 686. The van der Waals surface area contributed by atoms with Crippen LogP contribution < -0.4 is 10.1 Å². The summed E-state index contributed by atoms with van der Waals surface area (Å²) in [5.74, 6) is 1.89. The zero-order valence-electron chi connectivity index (χ0n) is 12.9. The number of benzene rings is 1. The van der Waals surface area contributed by atoms with E-state index >= 15 is 0 Å². The zero-order valence-corrected chi connectivity index (χ0v) is 13.8. The quantitative estimate of drug-likeness (QED) is 0.554. The Morgan fingerprint density at radius 3 is 2.74 bits per heavy atom. The number of rotatable bonds is 5. The van der Waals surface area contributed by atoms with E-state index in [1.165, 1.54) is 11.3 Å². The van der Waals surface area contributed by atoms with Gasteiger partial charge in [-0.1, -0.05) is 0 Å². The van der Waals surface area contributed by atoms with Crippen LogP contribution in [0, 0.1) is 0 Å². The van der Waals surface area contributed by atoms with Crippen molar-refractivity contribution in [3.8, 4) is 17.0 Å². The Morgan fingerprint density at radius 1 is 1.17 bits per heavy atom. The zero-order chi connectivity index (χ0) is 16.1. The summed E-state index contributed by atoms with van der Waals surface area (Å²) in [5, 5.41) is 2.86. The topological polar surface area (TPSA) is 51.2 Å². The molecule has 0 radical (unpaired) electrons. The van der Waals surface area contributed by atoms with Gasteiger partial charge in [0.15, 0.2) is 0 Å². The highest BCUT2D eigenvalue weighted by Crippen LogP contribution is 2.29. The van der Waals surface area contributed by atoms with Gasteiger partial charge in [-0.05, 0) is 60.9 Å². The Kier molecular flexibility index (Phi) is 5.18. The Hall–Kier alpha value is -2.01. The monoisotopic (exact) mass is 328 g/mol. The lowest BCUT2D eigenvalue weighted by Gasteiger charge is -2.17. The van der Waals surface area contributed by atoms with E-state index in [1.807, 2.05) is 30.5 Å². The molecule has 0 unspecified atom stereocenters. The third-order valence-electron chi connectivity index (χ3n) is 3.77. The lowest BCUT2D eigenvalue weighted by molar-refractivity contribution is -0.116. The van der Waals surface area contributed by atoms with Gasteiger partial charge >= 0.3 is 0 Å². The van der Waals surface area contributed by atoms with Gasteiger partial charge < -0.3 is 10.1 Å². The maximum absolute atomic E-state index is 11.2. The van der Waals surface area contributed by atoms with Crippen LogP contribution in [-0.4, -0.2) is 23.3 Å². The average Bonchev–Trinajstić information content (AvgIpc) is 3.17. The third kappa shape index (κ3) is 4.48. The van der Waals surface area contributed by atoms with E-state index in [-0.39, 0.29) is 5.91 Å². The molecule has 23 heavy (non-hydrogen) atoms. The molecule has 3 aliphatic rings. The van der Waals surface area contributed by atoms with Crippen molar-refractivity contribution in [1.29, 1.82) is 0 Å². The number of nitrogens with zero attached hydrogens (tertiary/aromatic N) is 1. The van der Waals surface area contributed by atoms with Gasteiger partial charge in [-0.25, -0.2) is 0 Å². The molecule has 4 nitrogen and oxygen atoms in total. The smallest absolute Gasteiger partial charge is 0.224 e. The van der Waals surface area contributed by atoms with Crippen molar-refractivity contribution in [1.82, 2.24) is 4.98 Å². The number of aryl methyl sites for hydroxylation is 1. The van der Waals surface area contributed by atoms with Crippen LogP contribution in [0.15, 0.2) is 36.5 Å². The molecule has 1 N–H and O–H groups in total. The van der Waals surface area contributed by atoms with Crippen molar-refractivity contribution in [2.24, 2.45) is 0 Å². The molecule has 0 bridgehead atoms. The fourth-order valence-corrected chi connectivity index (χ4v) is 2.63. The van der Waals surface area contributed by atoms with Crippen LogP contribution in [0.5, 0.6) is 5.75 Å². The number of amides is 1. The van der Waals surface area contributed by atoms with Crippen molar-refractivity contribution in [2.45, 2.75) is 25.7 Å². The highest BCUT2D eigenvalue weighted by molar-refractivity contribution is 7.80. The highest BCUT2D eigenvalue weighted by atomic mass is 32.1. The van der Waals surface area contributed by atoms with Crippen molar-refractivity contribution in [3.63, 3.8) is 0 Å². The van der Waals surface area contributed by atoms with Crippen LogP contribution in [-0.2, 0) is 11.2 Å². The number of hydrogen-bond donors (Lipinski definition) is 2. The summed E-state index contributed by atoms with van der Waals surface area (Å²) in [4.78, 5) is 15.2. The van der Waals surface area contributed by atoms with E-state index in [1.54, 1.807) is 0 Å². The number of nitrogens with one attached hydrogen (secondary N) is 1. The maximum atomic E-state index is 11.2. The standard InChI is InChI=1S/C13H17NO2S.C5H3N/c15-13-6-3-10-9-11(4-5-12(10)14-13)16-7-1-2-8-17;1-2-6-5-3-4(1)5/h4-5,9,17H,1-3,6-8H2,(H,14,15);1-3H. The lowest BCUT2D eigenvalue weighted by atomic mass is 10.0. The van der Waals surface area contributed by atoms with Crippen molar-refractivity contribution >= 4 is 24.2 Å². The first-order valence-corrected chi connectivity index (χ1v) is 8.52. The summed E-state index contributed by atoms with van der Waals surface area (Å²) in [7, 11) is 0. The SMILES string of the molecule is O=C1CCc2cc(OCCCCS)ccc2N1.c1cc2cc-2n1. The Labute approximate surface area is 141 Å². The summed E-state index contributed by atoms with van der Waals surface area (Å²) in [6, 6.07) is 9.91. The second-order valence-electron chi connectivity index (χ2n) is 5.58. The largest absolute Gasteiger partial charge is 0.494 e. The lowest BCUT2D eigenvalue weighted by Crippen LogP contribution is -2.18. The molecule has 2 aliphatic heterocycles. The summed E-state index contributed by atoms with van der Waals surface area (Å²) in [6.45, 7) is 0.728. The van der Waals surface area contributed by atoms with E-state index in [0.29, 0.717) is 6.42 Å². The van der Waals surface area contributed by atoms with Crippen LogP contribution >= 0.6 is 12.6 Å². The van der Waals surface area contributed by atoms with Gasteiger partial charge in [0, 0.05) is 23.9 Å². The summed E-state index contributed by atoms with van der Waals surface area (Å²) < 4.78 is 5.65. The van der Waals surface area contributed by atoms with E-state index in [9.17, 15) is 4.79 Å². The molecule has 4 rings (SSSR count). The van der Waals surface area contributed by atoms with Gasteiger partial charge in [-0.2, -0.15) is 12.6 Å². The second kappa shape index (κ2) is 7.51. The van der Waals surface area contributed by atoms with Crippen LogP contribution in [0.3, 0.4) is 0 Å². The molecular formula is C18H20N2O2S. The summed E-state index contributed by atoms with van der Waals surface area (Å²) in [6.07, 6.45) is 5.29. The van der Waals surface area contributed by atoms with E-state index in [0.717, 1.165) is 48.6 Å². The molecular weight excluding hydrogens is 308 g/mol. The number of hydrogen-bond acceptors (Lipinski definition) is 4. The van der Waals surface area contributed by atoms with Crippen molar-refractivity contribution < 1.29 is 9.53 Å². The number of ether oxygens (including phenoxy) is 1. The van der Waals surface area contributed by atoms with Crippen LogP contribution in [0.2, 0.25) is 0 Å². The number of unbranched alkanes of at least 4 members (excludes halogenated alkanes) is 1. The first-order valence-electron chi connectivity index (χ1n) is 7.89. The minimum Gasteiger partial charge on any atom is -0.494 e. The van der Waals surface area contributed by atoms with E-state index < -0.39 is 0 Å². The fraction of sp³-hybridized carbons (Fsp3) is 0.333. The minimum atomic E-state index is 0.0972. The molecule has 1 aromatic rings. The number of pyridine rings is 1. The van der Waals surface area contributed by atoms with Crippen LogP contribution in [0.25, 0.3) is 11.3 Å². The molecule has 0 fully saturated rings. The molecule has 0 spiro atoms. The number of aromatic nitrogens is 1. The molecule has 0 saturated carbocycles. The van der Waals surface area contributed by atoms with Gasteiger partial charge in [-0.15, -0.1) is 0 Å². The highest BCUT2D eigenvalue weighted by Gasteiger charge is 2.14. The Balaban J connectivity index is 0.000000213. The fourth-order valence-electron chi connectivity index (χ4n) is 2.41. The number of anilines is 1. The molecule has 2 heterocycles. The molecule has 120 valence electrons. The molecule has 5 heteroatoms. The molecule has 0 aromatic heterocycles. The van der Waals surface area contributed by atoms with Gasteiger partial charge in [0.25, 0.3) is 0 Å². The number of carbonyl (C=O) groups excluding carboxylic acids is 1. The summed E-state index contributed by atoms with van der Waals surface area (Å²) >= 11 is 4.16.